The van der Waals surface area contributed by atoms with Crippen molar-refractivity contribution in [1.29, 1.82) is 0 Å². The Labute approximate surface area is 321 Å². The zero-order valence-electron chi connectivity index (χ0n) is 31.1. The van der Waals surface area contributed by atoms with Crippen LogP contribution in [-0.2, 0) is 15.7 Å². The topological polar surface area (TPSA) is 149 Å². The van der Waals surface area contributed by atoms with Gasteiger partial charge in [0.15, 0.2) is 5.69 Å². The second kappa shape index (κ2) is 15.0. The number of nitrogens with zero attached hydrogens (tertiary/aromatic N) is 5. The van der Waals surface area contributed by atoms with Crippen LogP contribution in [0.4, 0.5) is 23.9 Å². The molecule has 3 aromatic heterocycles. The predicted octanol–water partition coefficient (Wildman–Crippen LogP) is 7.89. The Bertz CT molecular complexity index is 2110. The van der Waals surface area contributed by atoms with Gasteiger partial charge in [-0.25, -0.2) is 24.5 Å². The van der Waals surface area contributed by atoms with Crippen molar-refractivity contribution >= 4 is 34.8 Å². The molecule has 1 aliphatic heterocycles. The molecule has 1 aromatic carbocycles. The number of amides is 1. The molecule has 12 nitrogen and oxygen atoms in total. The summed E-state index contributed by atoms with van der Waals surface area (Å²) in [5, 5.41) is 13.3. The summed E-state index contributed by atoms with van der Waals surface area (Å²) >= 11 is 0. The Morgan fingerprint density at radius 2 is 1.70 bits per heavy atom. The fraction of sp³-hybridized carbons (Fsp3) is 0.512. The van der Waals surface area contributed by atoms with E-state index in [2.05, 4.69) is 25.2 Å². The quantitative estimate of drug-likeness (QED) is 0.181. The highest BCUT2D eigenvalue weighted by Gasteiger charge is 2.56. The Balaban J connectivity index is 1.10. The molecule has 56 heavy (non-hydrogen) atoms. The standard InChI is InChI=1S/C41H45F3N6O6/c1-24-18-25-20-26(19-24)40(22-25,37(52)53)48-36(51)31-10-11-33(47-35(31)41(42,43)44)32-23-50(39(54)56-27-6-3-2-4-7-27)34-21-29(8-9-30(32)34)55-28-12-16-49(17-13-28)38-45-14-5-15-46-38/h5,8-11,14-15,21,23-28H,2-4,6-7,12-13,16-20,22H2,1H3,(H,48,51)(H,52,53). The summed E-state index contributed by atoms with van der Waals surface area (Å²) in [5.74, 6) is -1.31. The largest absolute Gasteiger partial charge is 0.490 e. The van der Waals surface area contributed by atoms with Crippen molar-refractivity contribution in [3.05, 3.63) is 66.2 Å². The van der Waals surface area contributed by atoms with Crippen LogP contribution in [0.2, 0.25) is 0 Å². The molecule has 4 unspecified atom stereocenters. The summed E-state index contributed by atoms with van der Waals surface area (Å²) < 4.78 is 57.9. The Kier molecular flexibility index (Phi) is 10.1. The molecule has 296 valence electrons. The molecule has 8 rings (SSSR count). The molecule has 4 aromatic rings. The number of hydrogen-bond acceptors (Lipinski definition) is 9. The first-order chi connectivity index (χ1) is 26.9. The maximum absolute atomic E-state index is 14.8. The Morgan fingerprint density at radius 3 is 2.41 bits per heavy atom. The zero-order chi connectivity index (χ0) is 39.2. The summed E-state index contributed by atoms with van der Waals surface area (Å²) in [6.07, 6.45) is 6.59. The number of alkyl halides is 3. The molecule has 4 fully saturated rings. The lowest BCUT2D eigenvalue weighted by atomic mass is 9.78. The van der Waals surface area contributed by atoms with Crippen LogP contribution in [0.1, 0.15) is 93.6 Å². The maximum Gasteiger partial charge on any atom is 0.434 e. The van der Waals surface area contributed by atoms with Gasteiger partial charge < -0.3 is 24.8 Å². The molecule has 4 atom stereocenters. The fourth-order valence-corrected chi connectivity index (χ4v) is 9.52. The number of carboxylic acids is 1. The van der Waals surface area contributed by atoms with Crippen molar-refractivity contribution in [1.82, 2.24) is 24.8 Å². The molecular weight excluding hydrogens is 729 g/mol. The first-order valence-electron chi connectivity index (χ1n) is 19.6. The second-order valence-electron chi connectivity index (χ2n) is 16.0. The van der Waals surface area contributed by atoms with E-state index in [0.29, 0.717) is 61.4 Å². The number of carbonyl (C=O) groups is 3. The van der Waals surface area contributed by atoms with Crippen molar-refractivity contribution in [2.24, 2.45) is 17.8 Å². The third-order valence-corrected chi connectivity index (χ3v) is 12.1. The van der Waals surface area contributed by atoms with Gasteiger partial charge in [-0.3, -0.25) is 9.36 Å². The minimum atomic E-state index is -5.05. The minimum absolute atomic E-state index is 0.0681. The van der Waals surface area contributed by atoms with E-state index in [1.807, 2.05) is 6.92 Å². The van der Waals surface area contributed by atoms with Gasteiger partial charge in [0.05, 0.1) is 16.8 Å². The second-order valence-corrected chi connectivity index (χ2v) is 16.0. The molecule has 2 bridgehead atoms. The maximum atomic E-state index is 14.8. The Morgan fingerprint density at radius 1 is 0.946 bits per heavy atom. The summed E-state index contributed by atoms with van der Waals surface area (Å²) in [4.78, 5) is 54.8. The van der Waals surface area contributed by atoms with Gasteiger partial charge in [0.2, 0.25) is 5.95 Å². The summed E-state index contributed by atoms with van der Waals surface area (Å²) in [7, 11) is 0. The number of rotatable bonds is 8. The smallest absolute Gasteiger partial charge is 0.434 e. The van der Waals surface area contributed by atoms with Crippen LogP contribution >= 0.6 is 0 Å². The van der Waals surface area contributed by atoms with Gasteiger partial charge >= 0.3 is 18.2 Å². The molecule has 0 radical (unpaired) electrons. The summed E-state index contributed by atoms with van der Waals surface area (Å²) in [5.41, 5.74) is -3.40. The van der Waals surface area contributed by atoms with Gasteiger partial charge in [0.1, 0.15) is 23.5 Å². The van der Waals surface area contributed by atoms with Gasteiger partial charge in [-0.05, 0) is 99.5 Å². The van der Waals surface area contributed by atoms with Gasteiger partial charge in [0.25, 0.3) is 5.91 Å². The molecule has 1 saturated heterocycles. The predicted molar refractivity (Wildman–Crippen MR) is 199 cm³/mol. The number of carbonyl (C=O) groups excluding carboxylic acids is 2. The molecule has 0 spiro atoms. The van der Waals surface area contributed by atoms with Crippen molar-refractivity contribution in [2.45, 2.75) is 101 Å². The average Bonchev–Trinajstić information content (AvgIpc) is 3.69. The Hall–Kier alpha value is -5.21. The number of aromatic nitrogens is 4. The molecule has 15 heteroatoms. The van der Waals surface area contributed by atoms with E-state index in [-0.39, 0.29) is 47.6 Å². The molecule has 1 amide bonds. The SMILES string of the molecule is CC1CC2CC(C1)C(NC(=O)c1ccc(-c3cn(C(=O)OC4CCCCC4)c4cc(OC5CCN(c6ncccn6)CC5)ccc34)nc1C(F)(F)F)(C(=O)O)C2. The monoisotopic (exact) mass is 774 g/mol. The number of hydrogen-bond donors (Lipinski definition) is 2. The third-order valence-electron chi connectivity index (χ3n) is 12.1. The number of fused-ring (bicyclic) bond motifs is 3. The van der Waals surface area contributed by atoms with Crippen LogP contribution in [0.5, 0.6) is 5.75 Å². The molecule has 4 heterocycles. The lowest BCUT2D eigenvalue weighted by molar-refractivity contribution is -0.146. The fourth-order valence-electron chi connectivity index (χ4n) is 9.52. The highest BCUT2D eigenvalue weighted by molar-refractivity contribution is 6.02. The van der Waals surface area contributed by atoms with Crippen LogP contribution in [0, 0.1) is 17.8 Å². The highest BCUT2D eigenvalue weighted by Crippen LogP contribution is 2.51. The first-order valence-corrected chi connectivity index (χ1v) is 19.6. The number of anilines is 1. The summed E-state index contributed by atoms with van der Waals surface area (Å²) in [6, 6.07) is 9.18. The number of nitrogens with one attached hydrogen (secondary N) is 1. The zero-order valence-corrected chi connectivity index (χ0v) is 31.1. The molecule has 2 N–H and O–H groups in total. The van der Waals surface area contributed by atoms with E-state index in [1.54, 1.807) is 36.7 Å². The van der Waals surface area contributed by atoms with Crippen molar-refractivity contribution in [3.8, 4) is 17.0 Å². The van der Waals surface area contributed by atoms with Crippen LogP contribution in [0.15, 0.2) is 55.0 Å². The van der Waals surface area contributed by atoms with E-state index in [1.165, 1.54) is 16.8 Å². The number of carboxylic acid groups (broad SMARTS) is 1. The number of halogens is 3. The van der Waals surface area contributed by atoms with Crippen LogP contribution in [0.25, 0.3) is 22.2 Å². The molecule has 4 aliphatic rings. The first kappa shape index (κ1) is 37.7. The molecule has 3 saturated carbocycles. The lowest BCUT2D eigenvalue weighted by Crippen LogP contribution is -2.57. The van der Waals surface area contributed by atoms with Crippen molar-refractivity contribution in [2.75, 3.05) is 18.0 Å². The number of aliphatic carboxylic acids is 1. The minimum Gasteiger partial charge on any atom is -0.490 e. The number of ether oxygens (including phenoxy) is 2. The highest BCUT2D eigenvalue weighted by atomic mass is 19.4. The van der Waals surface area contributed by atoms with E-state index in [4.69, 9.17) is 9.47 Å². The summed E-state index contributed by atoms with van der Waals surface area (Å²) in [6.45, 7) is 3.39. The van der Waals surface area contributed by atoms with E-state index >= 15 is 0 Å². The molecule has 3 aliphatic carbocycles. The van der Waals surface area contributed by atoms with Gasteiger partial charge in [0, 0.05) is 61.5 Å². The van der Waals surface area contributed by atoms with E-state index in [9.17, 15) is 32.7 Å². The number of piperidine rings is 1. The van der Waals surface area contributed by atoms with Gasteiger partial charge in [-0.2, -0.15) is 13.2 Å². The number of benzene rings is 1. The average molecular weight is 775 g/mol. The van der Waals surface area contributed by atoms with Crippen molar-refractivity contribution < 1.29 is 42.1 Å². The van der Waals surface area contributed by atoms with Crippen molar-refractivity contribution in [3.63, 3.8) is 0 Å². The molecular formula is C41H45F3N6O6. The van der Waals surface area contributed by atoms with Gasteiger partial charge in [-0.1, -0.05) is 13.3 Å². The third kappa shape index (κ3) is 7.39. The van der Waals surface area contributed by atoms with Crippen LogP contribution < -0.4 is 15.0 Å². The van der Waals surface area contributed by atoms with E-state index < -0.39 is 40.9 Å². The van der Waals surface area contributed by atoms with E-state index in [0.717, 1.165) is 44.6 Å². The van der Waals surface area contributed by atoms with Crippen LogP contribution in [-0.4, -0.2) is 73.4 Å². The lowest BCUT2D eigenvalue weighted by Gasteiger charge is -2.33. The van der Waals surface area contributed by atoms with Crippen LogP contribution in [0.3, 0.4) is 0 Å². The van der Waals surface area contributed by atoms with Gasteiger partial charge in [-0.15, -0.1) is 0 Å². The number of pyridine rings is 1. The normalized spacial score (nSPS) is 24.6.